The third-order valence-corrected chi connectivity index (χ3v) is 6.70. The number of nitrogens with two attached hydrogens (primary N) is 1. The number of carbonyl (C=O) groups is 1. The molecule has 0 saturated carbocycles. The Labute approximate surface area is 207 Å². The molecule has 5 heterocycles. The Bertz CT molecular complexity index is 1290. The molecule has 12 nitrogen and oxygen atoms in total. The number of aromatic nitrogens is 4. The van der Waals surface area contributed by atoms with Gasteiger partial charge in [-0.2, -0.15) is 10.4 Å². The van der Waals surface area contributed by atoms with Crippen molar-refractivity contribution in [2.75, 3.05) is 44.3 Å². The maximum Gasteiger partial charge on any atom is 0.407 e. The van der Waals surface area contributed by atoms with Crippen molar-refractivity contribution in [2.24, 2.45) is 5.73 Å². The van der Waals surface area contributed by atoms with E-state index in [1.54, 1.807) is 29.2 Å². The number of carboxylic acid groups (broad SMARTS) is 1. The number of fused-ring (bicyclic) bond motifs is 1. The molecule has 0 spiro atoms. The summed E-state index contributed by atoms with van der Waals surface area (Å²) >= 11 is 0. The average molecular weight is 493 g/mol. The van der Waals surface area contributed by atoms with Crippen LogP contribution in [0.4, 0.5) is 10.6 Å². The SMILES string of the molecule is CC1(N)CCN(c2cnc(-c3cc(OCC4CN(C(=O)O)CCO4)cn4ncc(C#N)c34)cn2)CC1. The number of pyridine rings is 1. The summed E-state index contributed by atoms with van der Waals surface area (Å²) in [5, 5.41) is 23.2. The van der Waals surface area contributed by atoms with Crippen LogP contribution in [0.1, 0.15) is 25.3 Å². The van der Waals surface area contributed by atoms with E-state index >= 15 is 0 Å². The normalized spacial score (nSPS) is 19.8. The predicted octanol–water partition coefficient (Wildman–Crippen LogP) is 1.74. The molecule has 0 bridgehead atoms. The summed E-state index contributed by atoms with van der Waals surface area (Å²) in [6, 6.07) is 3.97. The number of anilines is 1. The van der Waals surface area contributed by atoms with Crippen molar-refractivity contribution in [3.05, 3.63) is 36.4 Å². The zero-order chi connectivity index (χ0) is 25.3. The van der Waals surface area contributed by atoms with E-state index in [0.717, 1.165) is 31.7 Å². The zero-order valence-electron chi connectivity index (χ0n) is 20.0. The molecular formula is C24H28N8O4. The predicted molar refractivity (Wildman–Crippen MR) is 130 cm³/mol. The molecule has 2 saturated heterocycles. The van der Waals surface area contributed by atoms with Crippen molar-refractivity contribution in [1.29, 1.82) is 5.26 Å². The molecule has 2 fully saturated rings. The highest BCUT2D eigenvalue weighted by atomic mass is 16.5. The number of nitrogens with zero attached hydrogens (tertiary/aromatic N) is 7. The molecule has 3 aromatic rings. The quantitative estimate of drug-likeness (QED) is 0.538. The fourth-order valence-corrected chi connectivity index (χ4v) is 4.51. The molecular weight excluding hydrogens is 464 g/mol. The van der Waals surface area contributed by atoms with Crippen LogP contribution in [0, 0.1) is 11.3 Å². The number of nitriles is 1. The van der Waals surface area contributed by atoms with Crippen molar-refractivity contribution in [1.82, 2.24) is 24.5 Å². The lowest BCUT2D eigenvalue weighted by atomic mass is 9.91. The van der Waals surface area contributed by atoms with Crippen molar-refractivity contribution in [3.63, 3.8) is 0 Å². The van der Waals surface area contributed by atoms with Gasteiger partial charge in [-0.05, 0) is 25.8 Å². The number of amides is 1. The van der Waals surface area contributed by atoms with E-state index in [-0.39, 0.29) is 24.8 Å². The highest BCUT2D eigenvalue weighted by molar-refractivity contribution is 5.83. The zero-order valence-corrected chi connectivity index (χ0v) is 20.0. The second-order valence-electron chi connectivity index (χ2n) is 9.49. The van der Waals surface area contributed by atoms with E-state index in [2.05, 4.69) is 33.0 Å². The molecule has 2 aliphatic rings. The Hall–Kier alpha value is -3.95. The molecule has 5 rings (SSSR count). The van der Waals surface area contributed by atoms with Gasteiger partial charge in [0.05, 0.1) is 54.7 Å². The Morgan fingerprint density at radius 3 is 2.81 bits per heavy atom. The lowest BCUT2D eigenvalue weighted by molar-refractivity contribution is -0.0412. The van der Waals surface area contributed by atoms with Crippen LogP contribution in [0.15, 0.2) is 30.9 Å². The molecule has 3 aromatic heterocycles. The van der Waals surface area contributed by atoms with Gasteiger partial charge in [-0.3, -0.25) is 4.98 Å². The van der Waals surface area contributed by atoms with Crippen LogP contribution in [-0.2, 0) is 4.74 Å². The first-order chi connectivity index (χ1) is 17.3. The van der Waals surface area contributed by atoms with Crippen LogP contribution in [0.2, 0.25) is 0 Å². The Kier molecular flexibility index (Phi) is 6.34. The summed E-state index contributed by atoms with van der Waals surface area (Å²) in [4.78, 5) is 24.0. The van der Waals surface area contributed by atoms with Gasteiger partial charge in [0.25, 0.3) is 0 Å². The molecule has 1 unspecified atom stereocenters. The van der Waals surface area contributed by atoms with Crippen molar-refractivity contribution in [3.8, 4) is 23.1 Å². The van der Waals surface area contributed by atoms with Crippen molar-refractivity contribution < 1.29 is 19.4 Å². The molecule has 2 aliphatic heterocycles. The van der Waals surface area contributed by atoms with Gasteiger partial charge >= 0.3 is 6.09 Å². The molecule has 3 N–H and O–H groups in total. The van der Waals surface area contributed by atoms with Crippen LogP contribution < -0.4 is 15.4 Å². The second-order valence-corrected chi connectivity index (χ2v) is 9.49. The lowest BCUT2D eigenvalue weighted by Crippen LogP contribution is -2.48. The Morgan fingerprint density at radius 1 is 1.31 bits per heavy atom. The van der Waals surface area contributed by atoms with Gasteiger partial charge in [0, 0.05) is 30.7 Å². The largest absolute Gasteiger partial charge is 0.489 e. The van der Waals surface area contributed by atoms with Crippen LogP contribution in [-0.4, -0.2) is 86.7 Å². The fraction of sp³-hybridized carbons (Fsp3) is 0.458. The fourth-order valence-electron chi connectivity index (χ4n) is 4.51. The summed E-state index contributed by atoms with van der Waals surface area (Å²) in [6.07, 6.45) is 7.00. The van der Waals surface area contributed by atoms with E-state index < -0.39 is 6.09 Å². The minimum atomic E-state index is -0.976. The molecule has 12 heteroatoms. The van der Waals surface area contributed by atoms with Crippen LogP contribution >= 0.6 is 0 Å². The molecule has 0 aliphatic carbocycles. The van der Waals surface area contributed by atoms with E-state index in [4.69, 9.17) is 15.2 Å². The summed E-state index contributed by atoms with van der Waals surface area (Å²) in [5.74, 6) is 1.27. The average Bonchev–Trinajstić information content (AvgIpc) is 3.30. The summed E-state index contributed by atoms with van der Waals surface area (Å²) in [6.45, 7) is 4.76. The van der Waals surface area contributed by atoms with Crippen LogP contribution in [0.5, 0.6) is 5.75 Å². The minimum absolute atomic E-state index is 0.153. The molecule has 0 radical (unpaired) electrons. The first-order valence-electron chi connectivity index (χ1n) is 11.8. The third-order valence-electron chi connectivity index (χ3n) is 6.70. The van der Waals surface area contributed by atoms with Gasteiger partial charge in [0.15, 0.2) is 0 Å². The van der Waals surface area contributed by atoms with E-state index in [9.17, 15) is 15.2 Å². The first-order valence-corrected chi connectivity index (χ1v) is 11.8. The smallest absolute Gasteiger partial charge is 0.407 e. The standard InChI is InChI=1S/C24H28N8O4/c1-24(26)2-4-30(5-3-24)21-12-27-20(11-28-21)19-8-17(14-32-22(19)16(9-25)10-29-32)36-15-18-13-31(23(33)34)6-7-35-18/h8,10-12,14,18H,2-7,13,15,26H2,1H3,(H,33,34). The van der Waals surface area contributed by atoms with Gasteiger partial charge in [-0.25, -0.2) is 14.3 Å². The highest BCUT2D eigenvalue weighted by Gasteiger charge is 2.27. The van der Waals surface area contributed by atoms with Gasteiger partial charge in [0.2, 0.25) is 0 Å². The van der Waals surface area contributed by atoms with Gasteiger partial charge in [-0.15, -0.1) is 0 Å². The van der Waals surface area contributed by atoms with E-state index in [1.807, 2.05) is 0 Å². The van der Waals surface area contributed by atoms with Crippen molar-refractivity contribution >= 4 is 17.4 Å². The first kappa shape index (κ1) is 23.8. The summed E-state index contributed by atoms with van der Waals surface area (Å²) < 4.78 is 13.2. The minimum Gasteiger partial charge on any atom is -0.489 e. The van der Waals surface area contributed by atoms with Crippen LogP contribution in [0.25, 0.3) is 16.8 Å². The third kappa shape index (κ3) is 4.89. The molecule has 1 amide bonds. The molecule has 36 heavy (non-hydrogen) atoms. The van der Waals surface area contributed by atoms with Gasteiger partial charge in [-0.1, -0.05) is 0 Å². The lowest BCUT2D eigenvalue weighted by Gasteiger charge is -2.37. The highest BCUT2D eigenvalue weighted by Crippen LogP contribution is 2.31. The number of rotatable bonds is 5. The monoisotopic (exact) mass is 492 g/mol. The van der Waals surface area contributed by atoms with Gasteiger partial charge < -0.3 is 30.1 Å². The summed E-state index contributed by atoms with van der Waals surface area (Å²) in [5.41, 5.74) is 8.35. The van der Waals surface area contributed by atoms with Gasteiger partial charge in [0.1, 0.15) is 30.3 Å². The van der Waals surface area contributed by atoms with E-state index in [0.29, 0.717) is 41.2 Å². The second kappa shape index (κ2) is 9.60. The Morgan fingerprint density at radius 2 is 2.11 bits per heavy atom. The van der Waals surface area contributed by atoms with Crippen LogP contribution in [0.3, 0.4) is 0 Å². The maximum absolute atomic E-state index is 11.3. The topological polar surface area (TPSA) is 155 Å². The Balaban J connectivity index is 1.39. The van der Waals surface area contributed by atoms with Crippen molar-refractivity contribution in [2.45, 2.75) is 31.4 Å². The van der Waals surface area contributed by atoms with E-state index in [1.165, 1.54) is 11.1 Å². The molecule has 1 atom stereocenters. The maximum atomic E-state index is 11.3. The number of hydrogen-bond donors (Lipinski definition) is 2. The number of hydrogen-bond acceptors (Lipinski definition) is 9. The number of morpholine rings is 1. The molecule has 0 aromatic carbocycles. The summed E-state index contributed by atoms with van der Waals surface area (Å²) in [7, 11) is 0. The number of piperidine rings is 1. The number of ether oxygens (including phenoxy) is 2. The molecule has 188 valence electrons.